The summed E-state index contributed by atoms with van der Waals surface area (Å²) in [6.45, 7) is 0.970. The molecule has 0 bridgehead atoms. The Kier molecular flexibility index (Phi) is 3.63. The zero-order chi connectivity index (χ0) is 12.3. The number of aliphatic carboxylic acids is 1. The second-order valence-corrected chi connectivity index (χ2v) is 4.76. The van der Waals surface area contributed by atoms with Crippen molar-refractivity contribution in [2.45, 2.75) is 25.4 Å². The monoisotopic (exact) mass is 254 g/mol. The van der Waals surface area contributed by atoms with Gasteiger partial charge in [-0.1, -0.05) is 0 Å². The van der Waals surface area contributed by atoms with Crippen LogP contribution in [0.5, 0.6) is 0 Å². The number of amides is 2. The number of hydrogen-bond acceptors (Lipinski definition) is 3. The third-order valence-corrected chi connectivity index (χ3v) is 3.55. The van der Waals surface area contributed by atoms with Crippen molar-refractivity contribution in [3.63, 3.8) is 0 Å². The van der Waals surface area contributed by atoms with Crippen molar-refractivity contribution in [3.8, 4) is 0 Å². The Morgan fingerprint density at radius 3 is 3.06 bits per heavy atom. The Morgan fingerprint density at radius 1 is 1.59 bits per heavy atom. The molecule has 1 saturated heterocycles. The van der Waals surface area contributed by atoms with Gasteiger partial charge in [-0.15, -0.1) is 0 Å². The third kappa shape index (κ3) is 2.76. The molecule has 0 saturated carbocycles. The van der Waals surface area contributed by atoms with E-state index in [0.29, 0.717) is 19.5 Å². The molecule has 1 aliphatic rings. The maximum atomic E-state index is 11.8. The number of rotatable bonds is 3. The van der Waals surface area contributed by atoms with Crippen molar-refractivity contribution in [1.82, 2.24) is 10.2 Å². The van der Waals surface area contributed by atoms with E-state index in [-0.39, 0.29) is 6.03 Å². The molecule has 92 valence electrons. The van der Waals surface area contributed by atoms with E-state index < -0.39 is 12.0 Å². The summed E-state index contributed by atoms with van der Waals surface area (Å²) in [4.78, 5) is 24.1. The van der Waals surface area contributed by atoms with Crippen LogP contribution in [0.4, 0.5) is 4.79 Å². The van der Waals surface area contributed by atoms with Crippen molar-refractivity contribution in [2.24, 2.45) is 0 Å². The van der Waals surface area contributed by atoms with Gasteiger partial charge in [0.05, 0.1) is 0 Å². The van der Waals surface area contributed by atoms with Gasteiger partial charge >= 0.3 is 12.0 Å². The smallest absolute Gasteiger partial charge is 0.326 e. The number of carbonyl (C=O) groups is 2. The SMILES string of the molecule is O=C(O)C1CCCN1C(=O)NCc1ccsc1. The highest BCUT2D eigenvalue weighted by Crippen LogP contribution is 2.17. The van der Waals surface area contributed by atoms with Crippen LogP contribution >= 0.6 is 11.3 Å². The van der Waals surface area contributed by atoms with E-state index in [1.165, 1.54) is 4.90 Å². The minimum absolute atomic E-state index is 0.291. The lowest BCUT2D eigenvalue weighted by molar-refractivity contribution is -0.141. The Labute approximate surface area is 103 Å². The number of carbonyl (C=O) groups excluding carboxylic acids is 1. The fourth-order valence-corrected chi connectivity index (χ4v) is 2.61. The van der Waals surface area contributed by atoms with Crippen LogP contribution in [0, 0.1) is 0 Å². The minimum Gasteiger partial charge on any atom is -0.480 e. The highest BCUT2D eigenvalue weighted by atomic mass is 32.1. The molecule has 2 heterocycles. The molecule has 2 N–H and O–H groups in total. The van der Waals surface area contributed by atoms with Crippen molar-refractivity contribution < 1.29 is 14.7 Å². The molecule has 1 aromatic rings. The first-order valence-electron chi connectivity index (χ1n) is 5.47. The first kappa shape index (κ1) is 11.9. The molecule has 2 amide bonds. The summed E-state index contributed by atoms with van der Waals surface area (Å²) < 4.78 is 0. The van der Waals surface area contributed by atoms with Gasteiger partial charge in [-0.2, -0.15) is 11.3 Å². The molecule has 0 aromatic carbocycles. The van der Waals surface area contributed by atoms with E-state index in [9.17, 15) is 9.59 Å². The predicted molar refractivity (Wildman–Crippen MR) is 63.9 cm³/mol. The van der Waals surface area contributed by atoms with Crippen molar-refractivity contribution in [1.29, 1.82) is 0 Å². The van der Waals surface area contributed by atoms with E-state index in [4.69, 9.17) is 5.11 Å². The quantitative estimate of drug-likeness (QED) is 0.859. The highest BCUT2D eigenvalue weighted by molar-refractivity contribution is 7.07. The van der Waals surface area contributed by atoms with Crippen LogP contribution in [0.15, 0.2) is 16.8 Å². The summed E-state index contributed by atoms with van der Waals surface area (Å²) in [5, 5.41) is 15.6. The third-order valence-electron chi connectivity index (χ3n) is 2.82. The van der Waals surface area contributed by atoms with Crippen molar-refractivity contribution >= 4 is 23.3 Å². The summed E-state index contributed by atoms with van der Waals surface area (Å²) in [5.74, 6) is -0.923. The van der Waals surface area contributed by atoms with Gasteiger partial charge in [0.1, 0.15) is 6.04 Å². The fourth-order valence-electron chi connectivity index (χ4n) is 1.94. The number of thiophene rings is 1. The van der Waals surface area contributed by atoms with Gasteiger partial charge in [-0.05, 0) is 35.2 Å². The average Bonchev–Trinajstić information content (AvgIpc) is 2.96. The lowest BCUT2D eigenvalue weighted by Crippen LogP contribution is -2.45. The molecule has 0 radical (unpaired) electrons. The Hall–Kier alpha value is -1.56. The van der Waals surface area contributed by atoms with E-state index in [0.717, 1.165) is 12.0 Å². The summed E-state index contributed by atoms with van der Waals surface area (Å²) >= 11 is 1.57. The molecule has 17 heavy (non-hydrogen) atoms. The number of carboxylic acids is 1. The molecular weight excluding hydrogens is 240 g/mol. The van der Waals surface area contributed by atoms with Crippen LogP contribution in [-0.4, -0.2) is 34.6 Å². The van der Waals surface area contributed by atoms with Gasteiger partial charge in [0.25, 0.3) is 0 Å². The molecule has 6 heteroatoms. The van der Waals surface area contributed by atoms with E-state index in [1.807, 2.05) is 16.8 Å². The predicted octanol–water partition coefficient (Wildman–Crippen LogP) is 1.51. The van der Waals surface area contributed by atoms with Gasteiger partial charge in [-0.25, -0.2) is 9.59 Å². The van der Waals surface area contributed by atoms with Gasteiger partial charge in [0.2, 0.25) is 0 Å². The molecule has 1 atom stereocenters. The number of urea groups is 1. The van der Waals surface area contributed by atoms with Crippen LogP contribution < -0.4 is 5.32 Å². The minimum atomic E-state index is -0.923. The zero-order valence-electron chi connectivity index (χ0n) is 9.26. The van der Waals surface area contributed by atoms with Crippen molar-refractivity contribution in [2.75, 3.05) is 6.54 Å². The standard InChI is InChI=1S/C11H14N2O3S/c14-10(15)9-2-1-4-13(9)11(16)12-6-8-3-5-17-7-8/h3,5,7,9H,1-2,4,6H2,(H,12,16)(H,14,15). The maximum absolute atomic E-state index is 11.8. The molecule has 2 rings (SSSR count). The van der Waals surface area contributed by atoms with Crippen LogP contribution in [0.25, 0.3) is 0 Å². The number of nitrogens with zero attached hydrogens (tertiary/aromatic N) is 1. The molecule has 5 nitrogen and oxygen atoms in total. The molecule has 1 unspecified atom stereocenters. The van der Waals surface area contributed by atoms with Crippen molar-refractivity contribution in [3.05, 3.63) is 22.4 Å². The fraction of sp³-hybridized carbons (Fsp3) is 0.455. The number of likely N-dealkylation sites (tertiary alicyclic amines) is 1. The molecular formula is C11H14N2O3S. The first-order chi connectivity index (χ1) is 8.18. The van der Waals surface area contributed by atoms with E-state index in [1.54, 1.807) is 11.3 Å². The maximum Gasteiger partial charge on any atom is 0.326 e. The van der Waals surface area contributed by atoms with Crippen LogP contribution in [0.3, 0.4) is 0 Å². The molecule has 0 aliphatic carbocycles. The number of carboxylic acid groups (broad SMARTS) is 1. The first-order valence-corrected chi connectivity index (χ1v) is 6.41. The molecule has 0 spiro atoms. The normalized spacial score (nSPS) is 19.3. The molecule has 1 aliphatic heterocycles. The Balaban J connectivity index is 1.89. The van der Waals surface area contributed by atoms with E-state index >= 15 is 0 Å². The van der Waals surface area contributed by atoms with Gasteiger partial charge in [0, 0.05) is 13.1 Å². The van der Waals surface area contributed by atoms with E-state index in [2.05, 4.69) is 5.32 Å². The zero-order valence-corrected chi connectivity index (χ0v) is 10.1. The largest absolute Gasteiger partial charge is 0.480 e. The summed E-state index contributed by atoms with van der Waals surface area (Å²) in [6.07, 6.45) is 1.30. The topological polar surface area (TPSA) is 69.6 Å². The summed E-state index contributed by atoms with van der Waals surface area (Å²) in [7, 11) is 0. The Bertz CT molecular complexity index is 405. The Morgan fingerprint density at radius 2 is 2.41 bits per heavy atom. The second-order valence-electron chi connectivity index (χ2n) is 3.98. The second kappa shape index (κ2) is 5.18. The number of nitrogens with one attached hydrogen (secondary N) is 1. The van der Waals surface area contributed by atoms with Gasteiger partial charge < -0.3 is 15.3 Å². The van der Waals surface area contributed by atoms with Crippen LogP contribution in [0.1, 0.15) is 18.4 Å². The summed E-state index contributed by atoms with van der Waals surface area (Å²) in [5.41, 5.74) is 1.04. The number of hydrogen-bond donors (Lipinski definition) is 2. The average molecular weight is 254 g/mol. The lowest BCUT2D eigenvalue weighted by atomic mass is 10.2. The van der Waals surface area contributed by atoms with Crippen LogP contribution in [-0.2, 0) is 11.3 Å². The van der Waals surface area contributed by atoms with Crippen LogP contribution in [0.2, 0.25) is 0 Å². The van der Waals surface area contributed by atoms with Gasteiger partial charge in [-0.3, -0.25) is 0 Å². The lowest BCUT2D eigenvalue weighted by Gasteiger charge is -2.21. The molecule has 1 aromatic heterocycles. The molecule has 1 fully saturated rings. The van der Waals surface area contributed by atoms with Gasteiger partial charge in [0.15, 0.2) is 0 Å². The summed E-state index contributed by atoms with van der Waals surface area (Å²) in [6, 6.07) is 0.974. The highest BCUT2D eigenvalue weighted by Gasteiger charge is 2.33.